The number of nitrogens with two attached hydrogens (primary N) is 2. The van der Waals surface area contributed by atoms with Gasteiger partial charge in [0.2, 0.25) is 17.7 Å². The summed E-state index contributed by atoms with van der Waals surface area (Å²) in [5.41, 5.74) is 11.1. The molecular weight excluding hydrogens is 346 g/mol. The zero-order chi connectivity index (χ0) is 18.9. The number of nitrogens with one attached hydrogen (secondary N) is 2. The number of hydrogen-bond donors (Lipinski definition) is 5. The lowest BCUT2D eigenvalue weighted by Crippen LogP contribution is -2.70. The van der Waals surface area contributed by atoms with Crippen molar-refractivity contribution in [3.63, 3.8) is 0 Å². The van der Waals surface area contributed by atoms with Gasteiger partial charge >= 0.3 is 0 Å². The van der Waals surface area contributed by atoms with Crippen LogP contribution in [0.25, 0.3) is 0 Å². The quantitative estimate of drug-likeness (QED) is 0.347. The molecule has 0 bridgehead atoms. The van der Waals surface area contributed by atoms with Crippen molar-refractivity contribution in [2.45, 2.75) is 49.9 Å². The first-order valence-electron chi connectivity index (χ1n) is 8.30. The average Bonchev–Trinajstić information content (AvgIpc) is 2.94. The van der Waals surface area contributed by atoms with E-state index in [1.54, 1.807) is 16.7 Å². The maximum Gasteiger partial charge on any atom is 0.242 e. The average molecular weight is 373 g/mol. The van der Waals surface area contributed by atoms with Gasteiger partial charge in [0.05, 0.1) is 31.3 Å². The first kappa shape index (κ1) is 20.0. The first-order valence-corrected chi connectivity index (χ1v) is 9.28. The normalized spacial score (nSPS) is 25.4. The van der Waals surface area contributed by atoms with Gasteiger partial charge in [0.15, 0.2) is 0 Å². The van der Waals surface area contributed by atoms with Gasteiger partial charge in [-0.05, 0) is 12.8 Å². The minimum absolute atomic E-state index is 0.0676. The molecule has 3 amide bonds. The van der Waals surface area contributed by atoms with E-state index in [2.05, 4.69) is 10.6 Å². The molecule has 2 aliphatic heterocycles. The van der Waals surface area contributed by atoms with Crippen LogP contribution < -0.4 is 22.1 Å². The molecule has 0 saturated carbocycles. The summed E-state index contributed by atoms with van der Waals surface area (Å²) >= 11 is 1.57. The molecule has 0 aliphatic carbocycles. The monoisotopic (exact) mass is 373 g/mol. The summed E-state index contributed by atoms with van der Waals surface area (Å²) in [5, 5.41) is 15.2. The van der Waals surface area contributed by atoms with Crippen molar-refractivity contribution in [3.8, 4) is 0 Å². The number of nitrogens with zero attached hydrogens (tertiary/aromatic N) is 1. The van der Waals surface area contributed by atoms with Gasteiger partial charge in [-0.3, -0.25) is 19.7 Å². The Morgan fingerprint density at radius 1 is 1.32 bits per heavy atom. The van der Waals surface area contributed by atoms with E-state index in [0.717, 1.165) is 0 Å². The summed E-state index contributed by atoms with van der Waals surface area (Å²) in [6.07, 6.45) is -1.07. The molecule has 0 unspecified atom stereocenters. The number of amides is 3. The molecule has 142 valence electrons. The van der Waals surface area contributed by atoms with Crippen molar-refractivity contribution >= 4 is 29.5 Å². The molecular formula is C15H27N5O4S. The van der Waals surface area contributed by atoms with E-state index in [9.17, 15) is 19.5 Å². The summed E-state index contributed by atoms with van der Waals surface area (Å²) in [7, 11) is 0. The SMILES string of the molecule is CC(C)[C@H](N)C(=O)N1CC2(C1)N[C@H](C(=O)N[C@H](C(N)=O)[C@@H](C)O)CS2. The van der Waals surface area contributed by atoms with Crippen LogP contribution in [0, 0.1) is 5.92 Å². The van der Waals surface area contributed by atoms with Gasteiger partial charge in [-0.2, -0.15) is 0 Å². The van der Waals surface area contributed by atoms with Gasteiger partial charge in [-0.15, -0.1) is 11.8 Å². The second kappa shape index (κ2) is 7.48. The molecule has 2 heterocycles. The molecule has 2 rings (SSSR count). The van der Waals surface area contributed by atoms with Crippen LogP contribution in [-0.4, -0.2) is 75.7 Å². The van der Waals surface area contributed by atoms with Crippen molar-refractivity contribution in [1.29, 1.82) is 0 Å². The van der Waals surface area contributed by atoms with Gasteiger partial charge in [-0.1, -0.05) is 13.8 Å². The van der Waals surface area contributed by atoms with Crippen LogP contribution in [0.2, 0.25) is 0 Å². The van der Waals surface area contributed by atoms with E-state index in [1.165, 1.54) is 6.92 Å². The number of carbonyl (C=O) groups is 3. The Balaban J connectivity index is 1.87. The van der Waals surface area contributed by atoms with Crippen LogP contribution in [0.1, 0.15) is 20.8 Å². The van der Waals surface area contributed by atoms with E-state index in [4.69, 9.17) is 11.5 Å². The van der Waals surface area contributed by atoms with E-state index in [1.807, 2.05) is 13.8 Å². The minimum atomic E-state index is -1.13. The molecule has 2 saturated heterocycles. The second-order valence-corrected chi connectivity index (χ2v) is 8.50. The van der Waals surface area contributed by atoms with E-state index in [0.29, 0.717) is 18.8 Å². The highest BCUT2D eigenvalue weighted by molar-refractivity contribution is 8.01. The molecule has 0 radical (unpaired) electrons. The maximum atomic E-state index is 12.3. The number of primary amides is 1. The minimum Gasteiger partial charge on any atom is -0.391 e. The summed E-state index contributed by atoms with van der Waals surface area (Å²) < 4.78 is 0. The molecule has 10 heteroatoms. The lowest BCUT2D eigenvalue weighted by molar-refractivity contribution is -0.139. The third-order valence-corrected chi connectivity index (χ3v) is 6.00. The summed E-state index contributed by atoms with van der Waals surface area (Å²) in [6, 6.07) is -2.16. The molecule has 0 aromatic carbocycles. The van der Waals surface area contributed by atoms with Gasteiger partial charge < -0.3 is 26.8 Å². The van der Waals surface area contributed by atoms with Crippen LogP contribution in [0.5, 0.6) is 0 Å². The Labute approximate surface area is 151 Å². The third-order valence-electron chi connectivity index (χ3n) is 4.57. The fourth-order valence-corrected chi connectivity index (χ4v) is 4.31. The Bertz CT molecular complexity index is 550. The Hall–Kier alpha value is -1.36. The maximum absolute atomic E-state index is 12.3. The largest absolute Gasteiger partial charge is 0.391 e. The molecule has 0 aromatic rings. The van der Waals surface area contributed by atoms with E-state index < -0.39 is 36.0 Å². The number of thioether (sulfide) groups is 1. The predicted molar refractivity (Wildman–Crippen MR) is 94.3 cm³/mol. The Morgan fingerprint density at radius 3 is 2.40 bits per heavy atom. The number of likely N-dealkylation sites (tertiary alicyclic amines) is 1. The first-order chi connectivity index (χ1) is 11.6. The molecule has 25 heavy (non-hydrogen) atoms. The number of carbonyl (C=O) groups excluding carboxylic acids is 3. The molecule has 7 N–H and O–H groups in total. The lowest BCUT2D eigenvalue weighted by atomic mass is 10.00. The summed E-state index contributed by atoms with van der Waals surface area (Å²) in [4.78, 5) is 37.1. The van der Waals surface area contributed by atoms with Crippen LogP contribution in [0.15, 0.2) is 0 Å². The lowest BCUT2D eigenvalue weighted by Gasteiger charge is -2.48. The second-order valence-electron chi connectivity index (χ2n) is 7.10. The molecule has 1 spiro atoms. The van der Waals surface area contributed by atoms with Gasteiger partial charge in [0, 0.05) is 5.75 Å². The van der Waals surface area contributed by atoms with Gasteiger partial charge in [0.25, 0.3) is 0 Å². The molecule has 2 fully saturated rings. The van der Waals surface area contributed by atoms with Crippen LogP contribution >= 0.6 is 11.8 Å². The molecule has 2 aliphatic rings. The number of rotatable bonds is 6. The number of hydrogen-bond acceptors (Lipinski definition) is 7. The van der Waals surface area contributed by atoms with Gasteiger partial charge in [0.1, 0.15) is 10.9 Å². The molecule has 4 atom stereocenters. The zero-order valence-corrected chi connectivity index (χ0v) is 15.5. The third kappa shape index (κ3) is 4.25. The number of aliphatic hydroxyl groups excluding tert-OH is 1. The highest BCUT2D eigenvalue weighted by atomic mass is 32.2. The summed E-state index contributed by atoms with van der Waals surface area (Å²) in [5.74, 6) is -0.684. The predicted octanol–water partition coefficient (Wildman–Crippen LogP) is -2.44. The zero-order valence-electron chi connectivity index (χ0n) is 14.7. The van der Waals surface area contributed by atoms with Crippen molar-refractivity contribution < 1.29 is 19.5 Å². The number of aliphatic hydroxyl groups is 1. The fraction of sp³-hybridized carbons (Fsp3) is 0.800. The van der Waals surface area contributed by atoms with Crippen LogP contribution in [0.4, 0.5) is 0 Å². The van der Waals surface area contributed by atoms with Gasteiger partial charge in [-0.25, -0.2) is 0 Å². The Morgan fingerprint density at radius 2 is 1.92 bits per heavy atom. The highest BCUT2D eigenvalue weighted by Gasteiger charge is 2.52. The van der Waals surface area contributed by atoms with Crippen molar-refractivity contribution in [1.82, 2.24) is 15.5 Å². The van der Waals surface area contributed by atoms with Crippen LogP contribution in [-0.2, 0) is 14.4 Å². The summed E-state index contributed by atoms with van der Waals surface area (Å²) in [6.45, 7) is 6.16. The fourth-order valence-electron chi connectivity index (χ4n) is 2.87. The van der Waals surface area contributed by atoms with E-state index >= 15 is 0 Å². The Kier molecular flexibility index (Phi) is 5.97. The standard InChI is InChI=1S/C15H27N5O4S/c1-7(2)10(16)14(24)20-5-15(6-20)19-9(4-25-15)13(23)18-11(8(3)21)12(17)22/h7-11,19,21H,4-6,16H2,1-3H3,(H2,17,22)(H,18,23)/t8-,9+,10+,11+/m1/s1. The topological polar surface area (TPSA) is 151 Å². The smallest absolute Gasteiger partial charge is 0.242 e. The van der Waals surface area contributed by atoms with Crippen molar-refractivity contribution in [2.24, 2.45) is 17.4 Å². The van der Waals surface area contributed by atoms with E-state index in [-0.39, 0.29) is 16.7 Å². The van der Waals surface area contributed by atoms with Crippen LogP contribution in [0.3, 0.4) is 0 Å². The van der Waals surface area contributed by atoms with Crippen molar-refractivity contribution in [3.05, 3.63) is 0 Å². The molecule has 9 nitrogen and oxygen atoms in total. The highest BCUT2D eigenvalue weighted by Crippen LogP contribution is 2.38. The molecule has 0 aromatic heterocycles. The van der Waals surface area contributed by atoms with Crippen molar-refractivity contribution in [2.75, 3.05) is 18.8 Å².